The smallest absolute Gasteiger partial charge is 0.376 e. The van der Waals surface area contributed by atoms with Gasteiger partial charge in [-0.25, -0.2) is 0 Å². The lowest BCUT2D eigenvalue weighted by Gasteiger charge is -2.41. The maximum atomic E-state index is 5.70. The van der Waals surface area contributed by atoms with E-state index in [0.29, 0.717) is 5.67 Å². The van der Waals surface area contributed by atoms with Crippen LogP contribution >= 0.6 is 0 Å². The lowest BCUT2D eigenvalue weighted by atomic mass is 10.1. The third kappa shape index (κ3) is 3.77. The van der Waals surface area contributed by atoms with Crippen molar-refractivity contribution in [1.29, 1.82) is 0 Å². The fourth-order valence-electron chi connectivity index (χ4n) is 2.87. The van der Waals surface area contributed by atoms with Crippen molar-refractivity contribution < 1.29 is 13.3 Å². The minimum Gasteiger partial charge on any atom is -0.376 e. The molecule has 0 radical (unpaired) electrons. The van der Waals surface area contributed by atoms with E-state index in [1.54, 1.807) is 21.3 Å². The first kappa shape index (κ1) is 16.1. The van der Waals surface area contributed by atoms with E-state index in [9.17, 15) is 0 Å². The summed E-state index contributed by atoms with van der Waals surface area (Å²) < 4.78 is 17.1. The molecule has 0 saturated carbocycles. The molecule has 0 aliphatic carbocycles. The molecule has 0 aromatic rings. The van der Waals surface area contributed by atoms with Crippen LogP contribution in [0.15, 0.2) is 0 Å². The van der Waals surface area contributed by atoms with Gasteiger partial charge in [0.1, 0.15) is 0 Å². The molecule has 0 aromatic heterocycles. The van der Waals surface area contributed by atoms with E-state index in [2.05, 4.69) is 11.8 Å². The van der Waals surface area contributed by atoms with Crippen LogP contribution in [0.3, 0.4) is 0 Å². The van der Waals surface area contributed by atoms with Crippen molar-refractivity contribution in [3.8, 4) is 0 Å². The summed E-state index contributed by atoms with van der Waals surface area (Å²) in [4.78, 5) is 2.53. The predicted octanol–water partition coefficient (Wildman–Crippen LogP) is 2.45. The Kier molecular flexibility index (Phi) is 7.40. The minimum atomic E-state index is -2.55. The van der Waals surface area contributed by atoms with E-state index in [4.69, 9.17) is 13.3 Å². The number of unbranched alkanes of at least 4 members (excludes halogenated alkanes) is 1. The lowest BCUT2D eigenvalue weighted by Crippen LogP contribution is -2.62. The molecule has 1 unspecified atom stereocenters. The van der Waals surface area contributed by atoms with E-state index in [1.165, 1.54) is 32.1 Å². The molecule has 1 rings (SSSR count). The molecule has 0 spiro atoms. The van der Waals surface area contributed by atoms with Crippen molar-refractivity contribution in [2.24, 2.45) is 0 Å². The Labute approximate surface area is 113 Å². The van der Waals surface area contributed by atoms with Gasteiger partial charge in [0.05, 0.1) is 5.67 Å². The first-order valence-corrected chi connectivity index (χ1v) is 8.93. The Hall–Kier alpha value is 0.0569. The number of rotatable bonds is 8. The van der Waals surface area contributed by atoms with Gasteiger partial charge in [0.25, 0.3) is 0 Å². The molecule has 1 atom stereocenters. The molecule has 1 saturated heterocycles. The Balaban J connectivity index is 2.79. The van der Waals surface area contributed by atoms with Gasteiger partial charge in [-0.2, -0.15) is 0 Å². The third-order valence-corrected chi connectivity index (χ3v) is 7.10. The van der Waals surface area contributed by atoms with Gasteiger partial charge in [0.2, 0.25) is 0 Å². The van der Waals surface area contributed by atoms with Crippen LogP contribution in [0.2, 0.25) is 0 Å². The van der Waals surface area contributed by atoms with Crippen molar-refractivity contribution in [3.05, 3.63) is 0 Å². The molecular weight excluding hydrogens is 246 g/mol. The summed E-state index contributed by atoms with van der Waals surface area (Å²) in [7, 11) is 2.63. The number of likely N-dealkylation sites (tertiary alicyclic amines) is 1. The second-order valence-electron chi connectivity index (χ2n) is 4.97. The zero-order valence-electron chi connectivity index (χ0n) is 12.4. The van der Waals surface area contributed by atoms with E-state index in [1.807, 2.05) is 0 Å². The van der Waals surface area contributed by atoms with E-state index < -0.39 is 8.80 Å². The van der Waals surface area contributed by atoms with E-state index in [0.717, 1.165) is 19.5 Å². The van der Waals surface area contributed by atoms with Gasteiger partial charge in [0, 0.05) is 21.3 Å². The molecule has 0 N–H and O–H groups in total. The molecule has 1 aliphatic rings. The van der Waals surface area contributed by atoms with Gasteiger partial charge in [-0.1, -0.05) is 26.2 Å². The van der Waals surface area contributed by atoms with Crippen LogP contribution in [-0.2, 0) is 13.3 Å². The van der Waals surface area contributed by atoms with Crippen molar-refractivity contribution in [1.82, 2.24) is 4.90 Å². The van der Waals surface area contributed by atoms with Gasteiger partial charge in [-0.15, -0.1) is 0 Å². The largest absolute Gasteiger partial charge is 0.518 e. The normalized spacial score (nSPS) is 20.0. The molecule has 1 fully saturated rings. The fourth-order valence-corrected chi connectivity index (χ4v) is 5.45. The second kappa shape index (κ2) is 8.27. The quantitative estimate of drug-likeness (QED) is 0.637. The molecule has 5 heteroatoms. The van der Waals surface area contributed by atoms with E-state index >= 15 is 0 Å². The zero-order valence-corrected chi connectivity index (χ0v) is 13.4. The Bertz CT molecular complexity index is 210. The fraction of sp³-hybridized carbons (Fsp3) is 1.00. The van der Waals surface area contributed by atoms with Crippen LogP contribution in [0.5, 0.6) is 0 Å². The van der Waals surface area contributed by atoms with Crippen LogP contribution in [0, 0.1) is 0 Å². The summed E-state index contributed by atoms with van der Waals surface area (Å²) in [5.74, 6) is 0. The monoisotopic (exact) mass is 275 g/mol. The maximum absolute atomic E-state index is 5.70. The highest BCUT2D eigenvalue weighted by Gasteiger charge is 2.49. The molecule has 108 valence electrons. The SMILES string of the molecule is CCCCC(N1CCCCC1)[Si](OC)(OC)OC. The molecule has 1 aliphatic heterocycles. The van der Waals surface area contributed by atoms with Crippen LogP contribution in [0.1, 0.15) is 45.4 Å². The summed E-state index contributed by atoms with van der Waals surface area (Å²) >= 11 is 0. The third-order valence-electron chi connectivity index (χ3n) is 3.92. The average Bonchev–Trinajstić information content (AvgIpc) is 2.45. The lowest BCUT2D eigenvalue weighted by molar-refractivity contribution is 0.0632. The van der Waals surface area contributed by atoms with Gasteiger partial charge < -0.3 is 13.3 Å². The highest BCUT2D eigenvalue weighted by Crippen LogP contribution is 2.25. The maximum Gasteiger partial charge on any atom is 0.518 e. The second-order valence-corrected chi connectivity index (χ2v) is 8.07. The highest BCUT2D eigenvalue weighted by molar-refractivity contribution is 6.62. The predicted molar refractivity (Wildman–Crippen MR) is 75.5 cm³/mol. The van der Waals surface area contributed by atoms with Crippen molar-refractivity contribution in [3.63, 3.8) is 0 Å². The average molecular weight is 275 g/mol. The molecule has 0 amide bonds. The molecule has 1 heterocycles. The zero-order chi connectivity index (χ0) is 13.4. The molecule has 4 nitrogen and oxygen atoms in total. The summed E-state index contributed by atoms with van der Waals surface area (Å²) in [6, 6.07) is 0. The van der Waals surface area contributed by atoms with Gasteiger partial charge in [0.15, 0.2) is 0 Å². The van der Waals surface area contributed by atoms with Crippen molar-refractivity contribution >= 4 is 8.80 Å². The van der Waals surface area contributed by atoms with Gasteiger partial charge in [-0.3, -0.25) is 4.90 Å². The van der Waals surface area contributed by atoms with Crippen molar-refractivity contribution in [2.75, 3.05) is 34.4 Å². The summed E-state index contributed by atoms with van der Waals surface area (Å²) in [6.07, 6.45) is 7.42. The van der Waals surface area contributed by atoms with Crippen LogP contribution in [-0.4, -0.2) is 53.8 Å². The van der Waals surface area contributed by atoms with Crippen LogP contribution < -0.4 is 0 Å². The minimum absolute atomic E-state index is 0.317. The van der Waals surface area contributed by atoms with Crippen LogP contribution in [0.25, 0.3) is 0 Å². The number of piperidine rings is 1. The first-order chi connectivity index (χ1) is 8.74. The Morgan fingerprint density at radius 2 is 1.56 bits per heavy atom. The molecular formula is C13H29NO3Si. The molecule has 0 bridgehead atoms. The Morgan fingerprint density at radius 3 is 2.00 bits per heavy atom. The van der Waals surface area contributed by atoms with Crippen LogP contribution in [0.4, 0.5) is 0 Å². The molecule has 0 aromatic carbocycles. The van der Waals surface area contributed by atoms with Gasteiger partial charge >= 0.3 is 8.80 Å². The number of hydrogen-bond acceptors (Lipinski definition) is 4. The topological polar surface area (TPSA) is 30.9 Å². The molecule has 18 heavy (non-hydrogen) atoms. The van der Waals surface area contributed by atoms with Gasteiger partial charge in [-0.05, 0) is 32.4 Å². The van der Waals surface area contributed by atoms with E-state index in [-0.39, 0.29) is 0 Å². The number of nitrogens with zero attached hydrogens (tertiary/aromatic N) is 1. The first-order valence-electron chi connectivity index (χ1n) is 7.13. The summed E-state index contributed by atoms with van der Waals surface area (Å²) in [5, 5.41) is 0. The standard InChI is InChI=1S/C13H29NO3Si/c1-5-6-10-13(14-11-8-7-9-12-14)18(15-2,16-3)17-4/h13H,5-12H2,1-4H3. The summed E-state index contributed by atoms with van der Waals surface area (Å²) in [6.45, 7) is 4.53. The summed E-state index contributed by atoms with van der Waals surface area (Å²) in [5.41, 5.74) is 0.317. The number of hydrogen-bond donors (Lipinski definition) is 0. The Morgan fingerprint density at radius 1 is 1.00 bits per heavy atom. The van der Waals surface area contributed by atoms with Crippen molar-refractivity contribution in [2.45, 2.75) is 51.1 Å². The highest BCUT2D eigenvalue weighted by atomic mass is 28.4.